The Morgan fingerprint density at radius 1 is 1.21 bits per heavy atom. The predicted molar refractivity (Wildman–Crippen MR) is 74.8 cm³/mol. The van der Waals surface area contributed by atoms with Crippen molar-refractivity contribution in [1.82, 2.24) is 5.32 Å². The van der Waals surface area contributed by atoms with Crippen LogP contribution in [0.15, 0.2) is 42.5 Å². The number of aromatic hydroxyl groups is 1. The molecule has 1 unspecified atom stereocenters. The zero-order chi connectivity index (χ0) is 13.8. The van der Waals surface area contributed by atoms with E-state index < -0.39 is 0 Å². The first-order chi connectivity index (χ1) is 9.06. The second-order valence-electron chi connectivity index (χ2n) is 4.44. The van der Waals surface area contributed by atoms with E-state index in [9.17, 15) is 9.50 Å². The average molecular weight is 280 g/mol. The van der Waals surface area contributed by atoms with E-state index in [0.29, 0.717) is 11.6 Å². The minimum Gasteiger partial charge on any atom is -0.506 e. The molecule has 2 rings (SSSR count). The minimum absolute atomic E-state index is 0.0806. The van der Waals surface area contributed by atoms with Gasteiger partial charge in [0, 0.05) is 12.6 Å². The van der Waals surface area contributed by atoms with Crippen molar-refractivity contribution >= 4 is 11.6 Å². The summed E-state index contributed by atoms with van der Waals surface area (Å²) < 4.78 is 12.8. The van der Waals surface area contributed by atoms with Gasteiger partial charge in [-0.05, 0) is 42.3 Å². The minimum atomic E-state index is -0.235. The Labute approximate surface area is 116 Å². The normalized spacial score (nSPS) is 12.4. The maximum atomic E-state index is 12.8. The Bertz CT molecular complexity index is 557. The molecule has 2 aromatic carbocycles. The Balaban J connectivity index is 1.98. The van der Waals surface area contributed by atoms with Crippen LogP contribution < -0.4 is 5.32 Å². The number of nitrogens with one attached hydrogen (secondary N) is 1. The van der Waals surface area contributed by atoms with E-state index in [0.717, 1.165) is 11.1 Å². The Hall–Kier alpha value is -1.58. The van der Waals surface area contributed by atoms with Crippen molar-refractivity contribution in [3.63, 3.8) is 0 Å². The quantitative estimate of drug-likeness (QED) is 0.885. The van der Waals surface area contributed by atoms with Crippen molar-refractivity contribution in [2.45, 2.75) is 19.5 Å². The second-order valence-corrected chi connectivity index (χ2v) is 4.85. The van der Waals surface area contributed by atoms with Gasteiger partial charge in [-0.3, -0.25) is 0 Å². The molecular weight excluding hydrogens is 265 g/mol. The molecule has 0 radical (unpaired) electrons. The molecule has 0 amide bonds. The van der Waals surface area contributed by atoms with Gasteiger partial charge in [0.2, 0.25) is 0 Å². The first kappa shape index (κ1) is 13.8. The molecule has 0 saturated carbocycles. The van der Waals surface area contributed by atoms with E-state index in [1.165, 1.54) is 12.1 Å². The summed E-state index contributed by atoms with van der Waals surface area (Å²) in [6.45, 7) is 2.63. The van der Waals surface area contributed by atoms with Crippen molar-refractivity contribution in [3.05, 3.63) is 64.4 Å². The summed E-state index contributed by atoms with van der Waals surface area (Å²) in [5.41, 5.74) is 2.00. The van der Waals surface area contributed by atoms with Crippen molar-refractivity contribution < 1.29 is 9.50 Å². The van der Waals surface area contributed by atoms with Crippen LogP contribution in [0.1, 0.15) is 24.1 Å². The second kappa shape index (κ2) is 6.04. The van der Waals surface area contributed by atoms with Gasteiger partial charge in [0.05, 0.1) is 5.02 Å². The van der Waals surface area contributed by atoms with Gasteiger partial charge < -0.3 is 10.4 Å². The predicted octanol–water partition coefficient (Wildman–Crippen LogP) is 4.04. The van der Waals surface area contributed by atoms with E-state index in [-0.39, 0.29) is 17.6 Å². The lowest BCUT2D eigenvalue weighted by Gasteiger charge is -2.14. The third-order valence-electron chi connectivity index (χ3n) is 2.99. The lowest BCUT2D eigenvalue weighted by atomic mass is 10.1. The molecule has 2 N–H and O–H groups in total. The van der Waals surface area contributed by atoms with Crippen LogP contribution in [0.4, 0.5) is 4.39 Å². The smallest absolute Gasteiger partial charge is 0.134 e. The van der Waals surface area contributed by atoms with Crippen molar-refractivity contribution in [1.29, 1.82) is 0 Å². The zero-order valence-corrected chi connectivity index (χ0v) is 11.3. The highest BCUT2D eigenvalue weighted by atomic mass is 35.5. The van der Waals surface area contributed by atoms with Crippen LogP contribution in [0.5, 0.6) is 5.75 Å². The number of rotatable bonds is 4. The molecule has 0 saturated heterocycles. The third-order valence-corrected chi connectivity index (χ3v) is 3.30. The van der Waals surface area contributed by atoms with Crippen LogP contribution in [-0.2, 0) is 6.54 Å². The van der Waals surface area contributed by atoms with E-state index >= 15 is 0 Å². The molecule has 0 fully saturated rings. The molecule has 19 heavy (non-hydrogen) atoms. The maximum absolute atomic E-state index is 12.8. The van der Waals surface area contributed by atoms with Gasteiger partial charge in [0.25, 0.3) is 0 Å². The summed E-state index contributed by atoms with van der Waals surface area (Å²) in [7, 11) is 0. The number of phenols is 1. The summed E-state index contributed by atoms with van der Waals surface area (Å²) in [6, 6.07) is 11.6. The number of hydrogen-bond acceptors (Lipinski definition) is 2. The molecule has 0 aromatic heterocycles. The summed E-state index contributed by atoms with van der Waals surface area (Å²) in [5.74, 6) is -0.154. The summed E-state index contributed by atoms with van der Waals surface area (Å²) in [6.07, 6.45) is 0. The van der Waals surface area contributed by atoms with Gasteiger partial charge in [0.15, 0.2) is 0 Å². The molecule has 2 nitrogen and oxygen atoms in total. The number of hydrogen-bond donors (Lipinski definition) is 2. The Kier molecular flexibility index (Phi) is 4.40. The third kappa shape index (κ3) is 3.69. The van der Waals surface area contributed by atoms with Gasteiger partial charge in [-0.1, -0.05) is 29.8 Å². The molecule has 1 atom stereocenters. The van der Waals surface area contributed by atoms with Gasteiger partial charge in [-0.15, -0.1) is 0 Å². The van der Waals surface area contributed by atoms with Gasteiger partial charge >= 0.3 is 0 Å². The molecule has 4 heteroatoms. The molecule has 0 spiro atoms. The molecule has 2 aromatic rings. The summed E-state index contributed by atoms with van der Waals surface area (Å²) in [5, 5.41) is 13.0. The van der Waals surface area contributed by atoms with Crippen LogP contribution in [0.3, 0.4) is 0 Å². The highest BCUT2D eigenvalue weighted by molar-refractivity contribution is 6.32. The lowest BCUT2D eigenvalue weighted by molar-refractivity contribution is 0.475. The van der Waals surface area contributed by atoms with E-state index in [4.69, 9.17) is 11.6 Å². The average Bonchev–Trinajstić information content (AvgIpc) is 2.40. The Morgan fingerprint density at radius 2 is 1.89 bits per heavy atom. The first-order valence-electron chi connectivity index (χ1n) is 6.02. The molecule has 0 aliphatic carbocycles. The topological polar surface area (TPSA) is 32.3 Å². The fraction of sp³-hybridized carbons (Fsp3) is 0.200. The summed E-state index contributed by atoms with van der Waals surface area (Å²) >= 11 is 5.84. The van der Waals surface area contributed by atoms with Gasteiger partial charge in [-0.2, -0.15) is 0 Å². The zero-order valence-electron chi connectivity index (χ0n) is 10.5. The fourth-order valence-electron chi connectivity index (χ4n) is 1.80. The van der Waals surface area contributed by atoms with Gasteiger partial charge in [0.1, 0.15) is 11.6 Å². The van der Waals surface area contributed by atoms with E-state index in [1.807, 2.05) is 13.0 Å². The monoisotopic (exact) mass is 279 g/mol. The van der Waals surface area contributed by atoms with Crippen LogP contribution >= 0.6 is 11.6 Å². The van der Waals surface area contributed by atoms with Crippen molar-refractivity contribution in [3.8, 4) is 5.75 Å². The molecule has 0 aliphatic rings. The fourth-order valence-corrected chi connectivity index (χ4v) is 2.00. The maximum Gasteiger partial charge on any atom is 0.134 e. The SMILES string of the molecule is CC(NCc1ccc(O)c(Cl)c1)c1ccc(F)cc1. The van der Waals surface area contributed by atoms with Crippen molar-refractivity contribution in [2.24, 2.45) is 0 Å². The number of phenolic OH excluding ortho intramolecular Hbond substituents is 1. The first-order valence-corrected chi connectivity index (χ1v) is 6.40. The summed E-state index contributed by atoms with van der Waals surface area (Å²) in [4.78, 5) is 0. The van der Waals surface area contributed by atoms with Crippen molar-refractivity contribution in [2.75, 3.05) is 0 Å². The largest absolute Gasteiger partial charge is 0.506 e. The highest BCUT2D eigenvalue weighted by Crippen LogP contribution is 2.24. The standard InChI is InChI=1S/C15H15ClFNO/c1-10(12-3-5-13(17)6-4-12)18-9-11-2-7-15(19)14(16)8-11/h2-8,10,18-19H,9H2,1H3. The van der Waals surface area contributed by atoms with Crippen LogP contribution in [0.2, 0.25) is 5.02 Å². The van der Waals surface area contributed by atoms with Crippen LogP contribution in [0, 0.1) is 5.82 Å². The lowest BCUT2D eigenvalue weighted by Crippen LogP contribution is -2.18. The molecule has 100 valence electrons. The van der Waals surface area contributed by atoms with Crippen LogP contribution in [0.25, 0.3) is 0 Å². The number of benzene rings is 2. The van der Waals surface area contributed by atoms with Gasteiger partial charge in [-0.25, -0.2) is 4.39 Å². The highest BCUT2D eigenvalue weighted by Gasteiger charge is 2.06. The molecule has 0 heterocycles. The van der Waals surface area contributed by atoms with E-state index in [1.54, 1.807) is 24.3 Å². The Morgan fingerprint density at radius 3 is 2.53 bits per heavy atom. The van der Waals surface area contributed by atoms with E-state index in [2.05, 4.69) is 5.32 Å². The molecular formula is C15H15ClFNO. The number of halogens is 2. The van der Waals surface area contributed by atoms with Crippen LogP contribution in [-0.4, -0.2) is 5.11 Å². The molecule has 0 aliphatic heterocycles. The molecule has 0 bridgehead atoms.